The molecule has 6 heteroatoms. The van der Waals surface area contributed by atoms with Crippen molar-refractivity contribution in [2.75, 3.05) is 0 Å². The number of hydrogen-bond donors (Lipinski definition) is 0. The van der Waals surface area contributed by atoms with Gasteiger partial charge in [-0.15, -0.1) is 6.58 Å². The third-order valence-electron chi connectivity index (χ3n) is 4.10. The van der Waals surface area contributed by atoms with Gasteiger partial charge in [0.05, 0.1) is 0 Å². The van der Waals surface area contributed by atoms with Crippen LogP contribution in [0.5, 0.6) is 23.0 Å². The summed E-state index contributed by atoms with van der Waals surface area (Å²) in [5, 5.41) is 0. The van der Waals surface area contributed by atoms with E-state index in [9.17, 15) is 0 Å². The van der Waals surface area contributed by atoms with E-state index in [1.54, 1.807) is 0 Å². The van der Waals surface area contributed by atoms with Crippen molar-refractivity contribution in [2.45, 2.75) is 19.8 Å². The molecule has 29 heavy (non-hydrogen) atoms. The van der Waals surface area contributed by atoms with Gasteiger partial charge in [-0.3, -0.25) is 0 Å². The van der Waals surface area contributed by atoms with Crippen molar-refractivity contribution in [1.82, 2.24) is 0 Å². The fourth-order valence-electron chi connectivity index (χ4n) is 2.62. The first-order chi connectivity index (χ1) is 14.3. The first-order valence-electron chi connectivity index (χ1n) is 9.33. The summed E-state index contributed by atoms with van der Waals surface area (Å²) in [6.07, 6.45) is 3.54. The molecule has 148 valence electrons. The third kappa shape index (κ3) is 6.42. The summed E-state index contributed by atoms with van der Waals surface area (Å²) in [5.74, 6) is 2.93. The second-order valence-corrected chi connectivity index (χ2v) is 7.65. The van der Waals surface area contributed by atoms with E-state index in [-0.39, 0.29) is 8.96 Å². The summed E-state index contributed by atoms with van der Waals surface area (Å²) in [6.45, 7) is 5.89. The maximum absolute atomic E-state index is 6.02. The van der Waals surface area contributed by atoms with Crippen LogP contribution in [0.25, 0.3) is 0 Å². The monoisotopic (exact) mass is 423 g/mol. The standard InChI is InChI=1S/C23H23NO3P2/c1-3-10-19-11-8-9-14-21(19)26-28-24-29-27-22-16-15-18(4-2)17-23(22)25-20-12-6-5-7-13-20/h3,5-9,11-17,29H,1,4,10H2,2H3. The normalized spacial score (nSPS) is 11.1. The van der Waals surface area contributed by atoms with Crippen LogP contribution in [0.15, 0.2) is 90.0 Å². The summed E-state index contributed by atoms with van der Waals surface area (Å²) in [5.41, 5.74) is 2.27. The predicted molar refractivity (Wildman–Crippen MR) is 122 cm³/mol. The number of nitrogens with zero attached hydrogens (tertiary/aromatic N) is 1. The predicted octanol–water partition coefficient (Wildman–Crippen LogP) is 7.78. The molecule has 0 fully saturated rings. The van der Waals surface area contributed by atoms with Gasteiger partial charge in [-0.1, -0.05) is 55.5 Å². The lowest BCUT2D eigenvalue weighted by Crippen LogP contribution is -1.90. The summed E-state index contributed by atoms with van der Waals surface area (Å²) in [7, 11) is 0.395. The fraction of sp³-hybridized carbons (Fsp3) is 0.130. The summed E-state index contributed by atoms with van der Waals surface area (Å²) in [6, 6.07) is 23.5. The van der Waals surface area contributed by atoms with Crippen LogP contribution < -0.4 is 13.8 Å². The lowest BCUT2D eigenvalue weighted by molar-refractivity contribution is 0.457. The minimum atomic E-state index is -0.0989. The molecule has 0 saturated carbocycles. The lowest BCUT2D eigenvalue weighted by Gasteiger charge is -2.12. The Morgan fingerprint density at radius 2 is 1.76 bits per heavy atom. The number of benzene rings is 3. The van der Waals surface area contributed by atoms with Gasteiger partial charge in [-0.2, -0.15) is 4.52 Å². The van der Waals surface area contributed by atoms with Crippen molar-refractivity contribution >= 4 is 17.6 Å². The minimum absolute atomic E-state index is 0.0989. The van der Waals surface area contributed by atoms with Gasteiger partial charge in [-0.25, -0.2) is 0 Å². The molecular formula is C23H23NO3P2. The van der Waals surface area contributed by atoms with Crippen LogP contribution >= 0.6 is 17.6 Å². The average molecular weight is 423 g/mol. The quantitative estimate of drug-likeness (QED) is 0.247. The third-order valence-corrected chi connectivity index (χ3v) is 5.34. The topological polar surface area (TPSA) is 40.0 Å². The summed E-state index contributed by atoms with van der Waals surface area (Å²) < 4.78 is 21.9. The van der Waals surface area contributed by atoms with Gasteiger partial charge < -0.3 is 13.8 Å². The van der Waals surface area contributed by atoms with Crippen molar-refractivity contribution in [3.8, 4) is 23.0 Å². The molecule has 4 nitrogen and oxygen atoms in total. The van der Waals surface area contributed by atoms with Crippen molar-refractivity contribution in [3.63, 3.8) is 0 Å². The lowest BCUT2D eigenvalue weighted by atomic mass is 10.1. The van der Waals surface area contributed by atoms with Crippen LogP contribution in [0, 0.1) is 0 Å². The molecule has 0 heterocycles. The van der Waals surface area contributed by atoms with Gasteiger partial charge in [0, 0.05) is 0 Å². The van der Waals surface area contributed by atoms with Crippen LogP contribution in [0.4, 0.5) is 0 Å². The molecule has 0 aliphatic heterocycles. The van der Waals surface area contributed by atoms with E-state index in [0.29, 0.717) is 20.1 Å². The number of hydrogen-bond acceptors (Lipinski definition) is 4. The zero-order valence-corrected chi connectivity index (χ0v) is 18.1. The van der Waals surface area contributed by atoms with E-state index in [4.69, 9.17) is 13.8 Å². The van der Waals surface area contributed by atoms with Crippen LogP contribution in [-0.4, -0.2) is 0 Å². The van der Waals surface area contributed by atoms with Crippen molar-refractivity contribution in [3.05, 3.63) is 96.6 Å². The van der Waals surface area contributed by atoms with E-state index in [0.717, 1.165) is 29.9 Å². The number of ether oxygens (including phenoxy) is 1. The number of allylic oxidation sites excluding steroid dienone is 1. The van der Waals surface area contributed by atoms with Gasteiger partial charge in [0.2, 0.25) is 17.6 Å². The van der Waals surface area contributed by atoms with Gasteiger partial charge >= 0.3 is 0 Å². The molecule has 0 radical (unpaired) electrons. The largest absolute Gasteiger partial charge is 0.453 e. The Morgan fingerprint density at radius 3 is 2.55 bits per heavy atom. The second-order valence-electron chi connectivity index (χ2n) is 6.12. The molecule has 3 aromatic carbocycles. The summed E-state index contributed by atoms with van der Waals surface area (Å²) >= 11 is 0. The zero-order valence-electron chi connectivity index (χ0n) is 16.2. The highest BCUT2D eigenvalue weighted by Gasteiger charge is 2.08. The van der Waals surface area contributed by atoms with Gasteiger partial charge in [0.1, 0.15) is 11.5 Å². The molecule has 0 aromatic heterocycles. The molecule has 0 amide bonds. The Morgan fingerprint density at radius 1 is 0.966 bits per heavy atom. The number of rotatable bonds is 10. The zero-order chi connectivity index (χ0) is 20.3. The fourth-order valence-corrected chi connectivity index (χ4v) is 3.61. The average Bonchev–Trinajstić information content (AvgIpc) is 2.76. The maximum Gasteiger partial charge on any atom is 0.249 e. The van der Waals surface area contributed by atoms with E-state index in [1.807, 2.05) is 78.9 Å². The molecule has 3 aromatic rings. The molecule has 1 unspecified atom stereocenters. The number of para-hydroxylation sites is 2. The van der Waals surface area contributed by atoms with Gasteiger partial charge in [0.25, 0.3) is 0 Å². The van der Waals surface area contributed by atoms with Crippen molar-refractivity contribution < 1.29 is 13.8 Å². The molecule has 0 aliphatic carbocycles. The Kier molecular flexibility index (Phi) is 8.25. The molecule has 0 bridgehead atoms. The second kappa shape index (κ2) is 11.4. The molecule has 0 N–H and O–H groups in total. The highest BCUT2D eigenvalue weighted by atomic mass is 31.1. The highest BCUT2D eigenvalue weighted by Crippen LogP contribution is 2.37. The first-order valence-corrected chi connectivity index (χ1v) is 11.0. The molecule has 1 atom stereocenters. The molecule has 3 rings (SSSR count). The molecular weight excluding hydrogens is 400 g/mol. The molecule has 0 saturated heterocycles. The van der Waals surface area contributed by atoms with Crippen LogP contribution in [0.1, 0.15) is 18.1 Å². The van der Waals surface area contributed by atoms with Crippen molar-refractivity contribution in [2.24, 2.45) is 4.52 Å². The van der Waals surface area contributed by atoms with Crippen molar-refractivity contribution in [1.29, 1.82) is 0 Å². The van der Waals surface area contributed by atoms with Gasteiger partial charge in [0.15, 0.2) is 11.5 Å². The highest BCUT2D eigenvalue weighted by molar-refractivity contribution is 7.39. The summed E-state index contributed by atoms with van der Waals surface area (Å²) in [4.78, 5) is 0. The maximum atomic E-state index is 6.02. The Labute approximate surface area is 175 Å². The SMILES string of the molecule is C=CCc1ccccc1OP=NPOc1ccc(CC)cc1Oc1ccccc1. The van der Waals surface area contributed by atoms with E-state index >= 15 is 0 Å². The Hall–Kier alpha value is -2.67. The smallest absolute Gasteiger partial charge is 0.249 e. The van der Waals surface area contributed by atoms with Crippen LogP contribution in [-0.2, 0) is 12.8 Å². The minimum Gasteiger partial charge on any atom is -0.453 e. The first kappa shape index (κ1) is 21.0. The Balaban J connectivity index is 1.63. The Bertz CT molecular complexity index is 961. The van der Waals surface area contributed by atoms with E-state index in [1.165, 1.54) is 5.56 Å². The molecule has 0 aliphatic rings. The van der Waals surface area contributed by atoms with Crippen LogP contribution in [0.2, 0.25) is 0 Å². The van der Waals surface area contributed by atoms with E-state index < -0.39 is 0 Å². The molecule has 0 spiro atoms. The van der Waals surface area contributed by atoms with E-state index in [2.05, 4.69) is 18.0 Å². The van der Waals surface area contributed by atoms with Crippen LogP contribution in [0.3, 0.4) is 0 Å². The van der Waals surface area contributed by atoms with Gasteiger partial charge in [-0.05, 0) is 54.3 Å². The number of aryl methyl sites for hydroxylation is 1.